The zero-order chi connectivity index (χ0) is 40.8. The van der Waals surface area contributed by atoms with Crippen molar-refractivity contribution in [2.45, 2.75) is 11.2 Å². The fourth-order valence-electron chi connectivity index (χ4n) is 8.64. The quantitative estimate of drug-likeness (QED) is 0.158. The Morgan fingerprint density at radius 1 is 0.410 bits per heavy atom. The van der Waals surface area contributed by atoms with Crippen molar-refractivity contribution in [1.82, 2.24) is 15.0 Å². The van der Waals surface area contributed by atoms with Gasteiger partial charge in [-0.25, -0.2) is 0 Å². The van der Waals surface area contributed by atoms with E-state index in [9.17, 15) is 0 Å². The fourth-order valence-corrected chi connectivity index (χ4v) is 8.80. The highest BCUT2D eigenvalue weighted by molar-refractivity contribution is 6.28. The molecule has 0 fully saturated rings. The Labute approximate surface area is 357 Å². The normalized spacial score (nSPS) is 14.4. The lowest BCUT2D eigenvalue weighted by Gasteiger charge is -2.37. The van der Waals surface area contributed by atoms with Crippen LogP contribution in [0.2, 0.25) is 5.28 Å². The second kappa shape index (κ2) is 14.8. The second-order valence-corrected chi connectivity index (χ2v) is 15.4. The van der Waals surface area contributed by atoms with Crippen LogP contribution in [0, 0.1) is 0 Å². The first-order chi connectivity index (χ1) is 30.1. The average Bonchev–Trinajstić information content (AvgIpc) is 3.32. The van der Waals surface area contributed by atoms with Crippen LogP contribution in [0.3, 0.4) is 0 Å². The summed E-state index contributed by atoms with van der Waals surface area (Å²) in [6.07, 6.45) is 8.59. The Kier molecular flexibility index (Phi) is 8.83. The van der Waals surface area contributed by atoms with E-state index in [1.54, 1.807) is 0 Å². The molecule has 0 saturated carbocycles. The zero-order valence-electron chi connectivity index (χ0n) is 32.7. The number of halogens is 1. The zero-order valence-corrected chi connectivity index (χ0v) is 33.4. The number of hydrogen-bond donors (Lipinski definition) is 2. The summed E-state index contributed by atoms with van der Waals surface area (Å²) in [6, 6.07) is 61.7. The molecule has 61 heavy (non-hydrogen) atoms. The molecule has 0 radical (unpaired) electrons. The van der Waals surface area contributed by atoms with Crippen molar-refractivity contribution in [3.05, 3.63) is 233 Å². The Hall–Kier alpha value is -7.74. The van der Waals surface area contributed by atoms with E-state index in [2.05, 4.69) is 130 Å². The SMILES string of the molecule is Clc1nc(Nc2cc3ccccc3c3c2OC(c2ccccc2)(c2ccccc2)C=C3)nc(Nc2cc3ccccc3c3c2OC(c2ccccc2)(c2ccccc2)C=C3)n1. The van der Waals surface area contributed by atoms with Crippen LogP contribution in [0.1, 0.15) is 33.4 Å². The molecular weight excluding hydrogens is 774 g/mol. The number of fused-ring (bicyclic) bond motifs is 6. The number of anilines is 4. The lowest BCUT2D eigenvalue weighted by molar-refractivity contribution is 0.162. The smallest absolute Gasteiger partial charge is 0.233 e. The first-order valence-electron chi connectivity index (χ1n) is 20.1. The molecule has 8 heteroatoms. The van der Waals surface area contributed by atoms with Crippen LogP contribution < -0.4 is 20.1 Å². The van der Waals surface area contributed by atoms with E-state index in [-0.39, 0.29) is 17.2 Å². The summed E-state index contributed by atoms with van der Waals surface area (Å²) in [5.41, 5.74) is 5.40. The summed E-state index contributed by atoms with van der Waals surface area (Å²) >= 11 is 6.74. The van der Waals surface area contributed by atoms with Crippen LogP contribution in [0.15, 0.2) is 194 Å². The number of benzene rings is 8. The van der Waals surface area contributed by atoms with Gasteiger partial charge in [-0.3, -0.25) is 0 Å². The molecule has 292 valence electrons. The molecule has 2 aliphatic rings. The summed E-state index contributed by atoms with van der Waals surface area (Å²) in [5, 5.41) is 11.2. The van der Waals surface area contributed by atoms with E-state index in [0.717, 1.165) is 54.9 Å². The molecule has 0 saturated heterocycles. The van der Waals surface area contributed by atoms with Crippen molar-refractivity contribution in [1.29, 1.82) is 0 Å². The van der Waals surface area contributed by atoms with Crippen LogP contribution in [0.25, 0.3) is 33.7 Å². The third-order valence-electron chi connectivity index (χ3n) is 11.5. The molecule has 0 bridgehead atoms. The second-order valence-electron chi connectivity index (χ2n) is 15.1. The maximum Gasteiger partial charge on any atom is 0.233 e. The van der Waals surface area contributed by atoms with Crippen molar-refractivity contribution >= 4 is 68.6 Å². The summed E-state index contributed by atoms with van der Waals surface area (Å²) < 4.78 is 14.5. The molecule has 3 heterocycles. The van der Waals surface area contributed by atoms with Gasteiger partial charge in [-0.1, -0.05) is 170 Å². The number of nitrogens with one attached hydrogen (secondary N) is 2. The third kappa shape index (κ3) is 6.34. The van der Waals surface area contributed by atoms with Crippen LogP contribution in [-0.4, -0.2) is 15.0 Å². The molecule has 8 aromatic carbocycles. The van der Waals surface area contributed by atoms with Crippen molar-refractivity contribution in [2.75, 3.05) is 10.6 Å². The van der Waals surface area contributed by atoms with Gasteiger partial charge in [0, 0.05) is 33.4 Å². The summed E-state index contributed by atoms with van der Waals surface area (Å²) in [6.45, 7) is 0. The molecule has 11 rings (SSSR count). The predicted molar refractivity (Wildman–Crippen MR) is 246 cm³/mol. The highest BCUT2D eigenvalue weighted by Gasteiger charge is 2.40. The van der Waals surface area contributed by atoms with Gasteiger partial charge in [-0.05, 0) is 69.6 Å². The molecule has 0 amide bonds. The van der Waals surface area contributed by atoms with Crippen molar-refractivity contribution in [3.8, 4) is 11.5 Å². The molecule has 0 spiro atoms. The largest absolute Gasteiger partial charge is 0.471 e. The van der Waals surface area contributed by atoms with Gasteiger partial charge in [-0.15, -0.1) is 0 Å². The Morgan fingerprint density at radius 2 is 0.754 bits per heavy atom. The van der Waals surface area contributed by atoms with Crippen LogP contribution in [0.5, 0.6) is 11.5 Å². The topological polar surface area (TPSA) is 81.2 Å². The summed E-state index contributed by atoms with van der Waals surface area (Å²) in [7, 11) is 0. The maximum atomic E-state index is 7.26. The van der Waals surface area contributed by atoms with Crippen molar-refractivity contribution < 1.29 is 9.47 Å². The monoisotopic (exact) mass is 809 g/mol. The summed E-state index contributed by atoms with van der Waals surface area (Å²) in [4.78, 5) is 14.0. The average molecular weight is 810 g/mol. The number of ether oxygens (including phenoxy) is 2. The molecule has 0 aliphatic carbocycles. The third-order valence-corrected chi connectivity index (χ3v) is 11.7. The van der Waals surface area contributed by atoms with Gasteiger partial charge >= 0.3 is 0 Å². The lowest BCUT2D eigenvalue weighted by Crippen LogP contribution is -2.34. The summed E-state index contributed by atoms with van der Waals surface area (Å²) in [5.74, 6) is 1.78. The van der Waals surface area contributed by atoms with Gasteiger partial charge in [-0.2, -0.15) is 15.0 Å². The highest BCUT2D eigenvalue weighted by atomic mass is 35.5. The van der Waals surface area contributed by atoms with E-state index in [1.165, 1.54) is 0 Å². The predicted octanol–water partition coefficient (Wildman–Crippen LogP) is 13.0. The minimum absolute atomic E-state index is 0.0109. The number of nitrogens with zero attached hydrogens (tertiary/aromatic N) is 3. The van der Waals surface area contributed by atoms with Crippen molar-refractivity contribution in [2.24, 2.45) is 0 Å². The first-order valence-corrected chi connectivity index (χ1v) is 20.5. The Balaban J connectivity index is 1.01. The van der Waals surface area contributed by atoms with Gasteiger partial charge in [0.2, 0.25) is 17.2 Å². The minimum atomic E-state index is -0.907. The standard InChI is InChI=1S/C53H36ClN5O2/c54-49-57-50(55-45-33-35-17-13-15-27-41(35)43-29-31-52(60-47(43)45,37-19-5-1-6-20-37)38-21-7-2-8-22-38)59-51(58-49)56-46-34-36-18-14-16-28-42(36)44-30-32-53(61-48(44)46,39-23-9-3-10-24-39)40-25-11-4-12-26-40/h1-34H,(H2,55,56,57,58,59). The van der Waals surface area contributed by atoms with E-state index in [4.69, 9.17) is 26.1 Å². The molecule has 0 unspecified atom stereocenters. The molecule has 0 atom stereocenters. The fraction of sp³-hybridized carbons (Fsp3) is 0.0377. The number of rotatable bonds is 8. The Bertz CT molecular complexity index is 2870. The molecule has 9 aromatic rings. The van der Waals surface area contributed by atoms with Gasteiger partial charge < -0.3 is 20.1 Å². The van der Waals surface area contributed by atoms with Gasteiger partial charge in [0.25, 0.3) is 0 Å². The van der Waals surface area contributed by atoms with Crippen molar-refractivity contribution in [3.63, 3.8) is 0 Å². The van der Waals surface area contributed by atoms with E-state index < -0.39 is 11.2 Å². The number of hydrogen-bond acceptors (Lipinski definition) is 7. The first kappa shape index (κ1) is 36.3. The number of aromatic nitrogens is 3. The van der Waals surface area contributed by atoms with Crippen LogP contribution >= 0.6 is 11.6 Å². The van der Waals surface area contributed by atoms with Gasteiger partial charge in [0.15, 0.2) is 22.7 Å². The lowest BCUT2D eigenvalue weighted by atomic mass is 9.83. The molecule has 2 N–H and O–H groups in total. The molecular formula is C53H36ClN5O2. The Morgan fingerprint density at radius 3 is 1.13 bits per heavy atom. The minimum Gasteiger partial charge on any atom is -0.471 e. The van der Waals surface area contributed by atoms with E-state index in [0.29, 0.717) is 22.9 Å². The highest BCUT2D eigenvalue weighted by Crippen LogP contribution is 2.50. The molecule has 1 aromatic heterocycles. The van der Waals surface area contributed by atoms with Crippen LogP contribution in [-0.2, 0) is 11.2 Å². The molecule has 2 aliphatic heterocycles. The van der Waals surface area contributed by atoms with E-state index >= 15 is 0 Å². The molecule has 7 nitrogen and oxygen atoms in total. The van der Waals surface area contributed by atoms with Gasteiger partial charge in [0.1, 0.15) is 0 Å². The van der Waals surface area contributed by atoms with Gasteiger partial charge in [0.05, 0.1) is 11.4 Å². The van der Waals surface area contributed by atoms with Crippen LogP contribution in [0.4, 0.5) is 23.3 Å². The van der Waals surface area contributed by atoms with E-state index in [1.807, 2.05) is 97.1 Å². The maximum absolute atomic E-state index is 7.26.